The Morgan fingerprint density at radius 3 is 1.57 bits per heavy atom. The highest BCUT2D eigenvalue weighted by Crippen LogP contribution is 2.63. The quantitative estimate of drug-likeness (QED) is 0.147. The molecule has 0 fully saturated rings. The van der Waals surface area contributed by atoms with E-state index in [1.807, 2.05) is 23.9 Å². The van der Waals surface area contributed by atoms with Gasteiger partial charge in [0, 0.05) is 15.5 Å². The minimum absolute atomic E-state index is 0.501. The van der Waals surface area contributed by atoms with Crippen LogP contribution in [0.25, 0.3) is 66.1 Å². The molecule has 1 aliphatic heterocycles. The average molecular weight is 692 g/mol. The molecule has 0 aromatic heterocycles. The molecule has 1 heterocycles. The van der Waals surface area contributed by atoms with Crippen molar-refractivity contribution in [2.75, 3.05) is 5.73 Å². The number of benzene rings is 9. The summed E-state index contributed by atoms with van der Waals surface area (Å²) >= 11 is 1.89. The Balaban J connectivity index is 1.24. The molecule has 53 heavy (non-hydrogen) atoms. The SMILES string of the molecule is Nc1ccc(-c2ccc3c(c2)C2(c4ccccc4Sc4ccc(-c5c6ccccc6c(-c6ccccc6)c6ccccc56)cc42)c2ccccc2-3)cc1. The summed E-state index contributed by atoms with van der Waals surface area (Å²) < 4.78 is 0. The largest absolute Gasteiger partial charge is 0.399 e. The van der Waals surface area contributed by atoms with E-state index in [0.29, 0.717) is 0 Å². The van der Waals surface area contributed by atoms with Gasteiger partial charge < -0.3 is 5.73 Å². The van der Waals surface area contributed by atoms with E-state index in [9.17, 15) is 0 Å². The van der Waals surface area contributed by atoms with Gasteiger partial charge in [-0.3, -0.25) is 0 Å². The first-order chi connectivity index (χ1) is 26.2. The highest BCUT2D eigenvalue weighted by atomic mass is 32.2. The molecule has 1 spiro atoms. The summed E-state index contributed by atoms with van der Waals surface area (Å²) in [6, 6.07) is 69.5. The fourth-order valence-electron chi connectivity index (χ4n) is 9.27. The number of nitrogen functional groups attached to an aromatic ring is 1. The van der Waals surface area contributed by atoms with Gasteiger partial charge >= 0.3 is 0 Å². The molecule has 9 aromatic rings. The van der Waals surface area contributed by atoms with E-state index in [-0.39, 0.29) is 0 Å². The number of hydrogen-bond acceptors (Lipinski definition) is 2. The zero-order valence-electron chi connectivity index (χ0n) is 28.9. The average Bonchev–Trinajstić information content (AvgIpc) is 3.50. The second-order valence-corrected chi connectivity index (χ2v) is 15.3. The number of rotatable bonds is 3. The second kappa shape index (κ2) is 11.6. The molecule has 1 atom stereocenters. The van der Waals surface area contributed by atoms with Gasteiger partial charge in [-0.1, -0.05) is 163 Å². The first kappa shape index (κ1) is 30.3. The van der Waals surface area contributed by atoms with Crippen molar-refractivity contribution in [1.82, 2.24) is 0 Å². The molecule has 0 saturated carbocycles. The van der Waals surface area contributed by atoms with Gasteiger partial charge in [-0.05, 0) is 125 Å². The number of fused-ring (bicyclic) bond motifs is 11. The standard InChI is InChI=1S/C51H33NS/c52-36-26-22-32(23-27-36)34-24-28-38-37-14-8-9-19-43(37)51(45(38)30-34)44-20-10-11-21-47(44)53-48-29-25-35(31-46(48)51)50-41-17-6-4-15-39(41)49(33-12-2-1-3-13-33)40-16-5-7-18-42(40)50/h1-31H,52H2. The van der Waals surface area contributed by atoms with Gasteiger partial charge in [0.2, 0.25) is 0 Å². The fraction of sp³-hybridized carbons (Fsp3) is 0.0196. The summed E-state index contributed by atoms with van der Waals surface area (Å²) in [5.74, 6) is 0. The van der Waals surface area contributed by atoms with Crippen LogP contribution in [0.15, 0.2) is 198 Å². The predicted molar refractivity (Wildman–Crippen MR) is 224 cm³/mol. The van der Waals surface area contributed by atoms with Crippen molar-refractivity contribution < 1.29 is 0 Å². The van der Waals surface area contributed by atoms with Crippen LogP contribution in [0.3, 0.4) is 0 Å². The molecule has 1 nitrogen and oxygen atoms in total. The summed E-state index contributed by atoms with van der Waals surface area (Å²) in [4.78, 5) is 2.60. The zero-order valence-corrected chi connectivity index (χ0v) is 29.7. The van der Waals surface area contributed by atoms with Gasteiger partial charge in [0.15, 0.2) is 0 Å². The molecule has 0 amide bonds. The lowest BCUT2D eigenvalue weighted by Gasteiger charge is -2.40. The van der Waals surface area contributed by atoms with E-state index >= 15 is 0 Å². The summed E-state index contributed by atoms with van der Waals surface area (Å²) in [6.07, 6.45) is 0. The van der Waals surface area contributed by atoms with Crippen LogP contribution in [0.2, 0.25) is 0 Å². The monoisotopic (exact) mass is 691 g/mol. The second-order valence-electron chi connectivity index (χ2n) is 14.2. The lowest BCUT2D eigenvalue weighted by molar-refractivity contribution is 0.723. The smallest absolute Gasteiger partial charge is 0.0735 e. The molecule has 0 saturated heterocycles. The van der Waals surface area contributed by atoms with Crippen LogP contribution in [0, 0.1) is 0 Å². The molecule has 0 bridgehead atoms. The first-order valence-electron chi connectivity index (χ1n) is 18.2. The maximum Gasteiger partial charge on any atom is 0.0735 e. The zero-order chi connectivity index (χ0) is 35.1. The van der Waals surface area contributed by atoms with Crippen LogP contribution in [0.5, 0.6) is 0 Å². The van der Waals surface area contributed by atoms with Crippen LogP contribution in [0.1, 0.15) is 22.3 Å². The lowest BCUT2D eigenvalue weighted by Crippen LogP contribution is -2.32. The van der Waals surface area contributed by atoms with Crippen LogP contribution in [0.4, 0.5) is 5.69 Å². The Hall–Kier alpha value is -6.35. The molecule has 2 aliphatic rings. The molecule has 248 valence electrons. The summed E-state index contributed by atoms with van der Waals surface area (Å²) in [5, 5.41) is 5.06. The molecule has 11 rings (SSSR count). The lowest BCUT2D eigenvalue weighted by atomic mass is 9.66. The van der Waals surface area contributed by atoms with Gasteiger partial charge in [0.05, 0.1) is 5.41 Å². The van der Waals surface area contributed by atoms with Crippen molar-refractivity contribution in [2.24, 2.45) is 0 Å². The fourth-order valence-corrected chi connectivity index (χ4v) is 10.4. The summed E-state index contributed by atoms with van der Waals surface area (Å²) in [7, 11) is 0. The highest BCUT2D eigenvalue weighted by molar-refractivity contribution is 7.99. The highest BCUT2D eigenvalue weighted by Gasteiger charge is 2.50. The molecular formula is C51H33NS. The summed E-state index contributed by atoms with van der Waals surface area (Å²) in [5.41, 5.74) is 21.7. The minimum Gasteiger partial charge on any atom is -0.399 e. The van der Waals surface area contributed by atoms with Crippen LogP contribution in [-0.4, -0.2) is 0 Å². The molecule has 0 radical (unpaired) electrons. The van der Waals surface area contributed by atoms with E-state index in [1.54, 1.807) is 0 Å². The molecule has 9 aromatic carbocycles. The van der Waals surface area contributed by atoms with E-state index in [2.05, 4.69) is 176 Å². The van der Waals surface area contributed by atoms with Gasteiger partial charge in [-0.25, -0.2) is 0 Å². The molecule has 1 aliphatic carbocycles. The third-order valence-electron chi connectivity index (χ3n) is 11.5. The Labute approximate surface area is 313 Å². The third kappa shape index (κ3) is 4.33. The van der Waals surface area contributed by atoms with Crippen molar-refractivity contribution in [1.29, 1.82) is 0 Å². The Kier molecular flexibility index (Phi) is 6.62. The van der Waals surface area contributed by atoms with Crippen LogP contribution in [-0.2, 0) is 5.41 Å². The molecule has 2 heteroatoms. The van der Waals surface area contributed by atoms with E-state index < -0.39 is 5.41 Å². The van der Waals surface area contributed by atoms with Crippen LogP contribution >= 0.6 is 11.8 Å². The van der Waals surface area contributed by atoms with E-state index in [0.717, 1.165) is 11.3 Å². The van der Waals surface area contributed by atoms with Crippen molar-refractivity contribution in [3.8, 4) is 44.5 Å². The molecule has 1 unspecified atom stereocenters. The predicted octanol–water partition coefficient (Wildman–Crippen LogP) is 13.4. The maximum absolute atomic E-state index is 6.14. The Bertz CT molecular complexity index is 2870. The van der Waals surface area contributed by atoms with Crippen molar-refractivity contribution >= 4 is 39.0 Å². The van der Waals surface area contributed by atoms with E-state index in [1.165, 1.54) is 92.5 Å². The normalized spacial score (nSPS) is 15.2. The molecular weight excluding hydrogens is 659 g/mol. The number of hydrogen-bond donors (Lipinski definition) is 1. The number of anilines is 1. The van der Waals surface area contributed by atoms with E-state index in [4.69, 9.17) is 5.73 Å². The third-order valence-corrected chi connectivity index (χ3v) is 12.6. The minimum atomic E-state index is -0.501. The van der Waals surface area contributed by atoms with Crippen LogP contribution < -0.4 is 5.73 Å². The van der Waals surface area contributed by atoms with Gasteiger partial charge in [0.1, 0.15) is 0 Å². The first-order valence-corrected chi connectivity index (χ1v) is 19.0. The number of nitrogens with two attached hydrogens (primary N) is 1. The summed E-state index contributed by atoms with van der Waals surface area (Å²) in [6.45, 7) is 0. The van der Waals surface area contributed by atoms with Gasteiger partial charge in [-0.15, -0.1) is 0 Å². The van der Waals surface area contributed by atoms with Gasteiger partial charge in [0.25, 0.3) is 0 Å². The van der Waals surface area contributed by atoms with Gasteiger partial charge in [-0.2, -0.15) is 0 Å². The topological polar surface area (TPSA) is 26.0 Å². The Morgan fingerprint density at radius 2 is 0.849 bits per heavy atom. The Morgan fingerprint density at radius 1 is 0.340 bits per heavy atom. The maximum atomic E-state index is 6.14. The van der Waals surface area contributed by atoms with Crippen molar-refractivity contribution in [3.05, 3.63) is 210 Å². The van der Waals surface area contributed by atoms with Crippen molar-refractivity contribution in [3.63, 3.8) is 0 Å². The van der Waals surface area contributed by atoms with Crippen molar-refractivity contribution in [2.45, 2.75) is 15.2 Å². The molecule has 2 N–H and O–H groups in total.